The fraction of sp³-hybridized carbons (Fsp3) is 0.391. The van der Waals surface area contributed by atoms with Crippen LogP contribution in [0.5, 0.6) is 23.0 Å². The van der Waals surface area contributed by atoms with E-state index in [0.717, 1.165) is 39.3 Å². The number of morpholine rings is 1. The van der Waals surface area contributed by atoms with Gasteiger partial charge in [-0.1, -0.05) is 6.07 Å². The first-order chi connectivity index (χ1) is 16.1. The van der Waals surface area contributed by atoms with Crippen LogP contribution >= 0.6 is 22.6 Å². The Morgan fingerprint density at radius 2 is 2.00 bits per heavy atom. The molecule has 2 aliphatic rings. The molecule has 1 N–H and O–H groups in total. The first kappa shape index (κ1) is 23.6. The summed E-state index contributed by atoms with van der Waals surface area (Å²) in [6.07, 6.45) is 1.60. The molecule has 0 aromatic heterocycles. The second-order valence-electron chi connectivity index (χ2n) is 7.42. The first-order valence-electron chi connectivity index (χ1n) is 10.7. The quantitative estimate of drug-likeness (QED) is 0.283. The van der Waals surface area contributed by atoms with E-state index in [1.54, 1.807) is 6.21 Å². The fourth-order valence-electron chi connectivity index (χ4n) is 3.43. The maximum atomic E-state index is 12.1. The van der Waals surface area contributed by atoms with Crippen molar-refractivity contribution in [1.82, 2.24) is 10.3 Å². The molecule has 2 heterocycles. The van der Waals surface area contributed by atoms with E-state index in [1.165, 1.54) is 0 Å². The third kappa shape index (κ3) is 6.49. The van der Waals surface area contributed by atoms with Crippen molar-refractivity contribution < 1.29 is 28.5 Å². The van der Waals surface area contributed by atoms with Crippen LogP contribution in [0.3, 0.4) is 0 Å². The molecule has 0 radical (unpaired) electrons. The maximum absolute atomic E-state index is 12.1. The van der Waals surface area contributed by atoms with Crippen LogP contribution in [0.2, 0.25) is 0 Å². The summed E-state index contributed by atoms with van der Waals surface area (Å²) in [5, 5.41) is 4.10. The Bertz CT molecular complexity index is 1010. The van der Waals surface area contributed by atoms with E-state index < -0.39 is 0 Å². The van der Waals surface area contributed by atoms with Crippen molar-refractivity contribution in [1.29, 1.82) is 0 Å². The zero-order valence-electron chi connectivity index (χ0n) is 18.3. The molecule has 9 nitrogen and oxygen atoms in total. The van der Waals surface area contributed by atoms with Crippen molar-refractivity contribution in [2.75, 3.05) is 46.2 Å². The number of halogens is 1. The highest BCUT2D eigenvalue weighted by molar-refractivity contribution is 14.1. The summed E-state index contributed by atoms with van der Waals surface area (Å²) < 4.78 is 28.9. The van der Waals surface area contributed by atoms with E-state index in [9.17, 15) is 4.79 Å². The predicted octanol–water partition coefficient (Wildman–Crippen LogP) is 2.78. The SMILES string of the molecule is CCOc1cc(/C=N/NC(=O)CN2CCOCC2)cc(I)c1OCc1ccc2c(c1)OCO2. The van der Waals surface area contributed by atoms with Crippen LogP contribution in [0.25, 0.3) is 0 Å². The second-order valence-corrected chi connectivity index (χ2v) is 8.58. The first-order valence-corrected chi connectivity index (χ1v) is 11.8. The van der Waals surface area contributed by atoms with Gasteiger partial charge in [-0.2, -0.15) is 5.10 Å². The average molecular weight is 567 g/mol. The molecule has 176 valence electrons. The number of nitrogens with zero attached hydrogens (tertiary/aromatic N) is 2. The molecule has 0 spiro atoms. The van der Waals surface area contributed by atoms with Gasteiger partial charge in [0, 0.05) is 13.1 Å². The maximum Gasteiger partial charge on any atom is 0.254 e. The minimum Gasteiger partial charge on any atom is -0.490 e. The van der Waals surface area contributed by atoms with Crippen LogP contribution in [-0.2, 0) is 16.1 Å². The molecule has 0 atom stereocenters. The monoisotopic (exact) mass is 567 g/mol. The molecule has 33 heavy (non-hydrogen) atoms. The lowest BCUT2D eigenvalue weighted by Crippen LogP contribution is -2.42. The molecule has 1 fully saturated rings. The topological polar surface area (TPSA) is 90.9 Å². The van der Waals surface area contributed by atoms with E-state index in [1.807, 2.05) is 42.2 Å². The largest absolute Gasteiger partial charge is 0.490 e. The summed E-state index contributed by atoms with van der Waals surface area (Å²) in [6.45, 7) is 6.11. The lowest BCUT2D eigenvalue weighted by atomic mass is 10.2. The molecule has 10 heteroatoms. The molecular formula is C23H26IN3O6. The van der Waals surface area contributed by atoms with Crippen LogP contribution < -0.4 is 24.4 Å². The van der Waals surface area contributed by atoms with Gasteiger partial charge in [0.25, 0.3) is 5.91 Å². The lowest BCUT2D eigenvalue weighted by Gasteiger charge is -2.25. The summed E-state index contributed by atoms with van der Waals surface area (Å²) >= 11 is 2.21. The van der Waals surface area contributed by atoms with Gasteiger partial charge in [-0.3, -0.25) is 9.69 Å². The Morgan fingerprint density at radius 3 is 2.82 bits per heavy atom. The highest BCUT2D eigenvalue weighted by Crippen LogP contribution is 2.36. The molecule has 0 unspecified atom stereocenters. The molecule has 1 saturated heterocycles. The van der Waals surface area contributed by atoms with E-state index in [-0.39, 0.29) is 12.7 Å². The summed E-state index contributed by atoms with van der Waals surface area (Å²) in [5.41, 5.74) is 4.34. The van der Waals surface area contributed by atoms with Gasteiger partial charge in [0.2, 0.25) is 6.79 Å². The van der Waals surface area contributed by atoms with Crippen molar-refractivity contribution in [2.45, 2.75) is 13.5 Å². The van der Waals surface area contributed by atoms with Crippen LogP contribution in [0.1, 0.15) is 18.1 Å². The number of carbonyl (C=O) groups excluding carboxylic acids is 1. The van der Waals surface area contributed by atoms with Crippen LogP contribution in [0.4, 0.5) is 0 Å². The van der Waals surface area contributed by atoms with Crippen molar-refractivity contribution >= 4 is 34.7 Å². The number of ether oxygens (including phenoxy) is 5. The van der Waals surface area contributed by atoms with Gasteiger partial charge in [-0.05, 0) is 64.9 Å². The number of fused-ring (bicyclic) bond motifs is 1. The van der Waals surface area contributed by atoms with Gasteiger partial charge < -0.3 is 23.7 Å². The Morgan fingerprint density at radius 1 is 1.18 bits per heavy atom. The second kappa shape index (κ2) is 11.5. The number of benzene rings is 2. The molecule has 1 amide bonds. The van der Waals surface area contributed by atoms with Gasteiger partial charge in [0.15, 0.2) is 23.0 Å². The summed E-state index contributed by atoms with van der Waals surface area (Å²) in [7, 11) is 0. The Hall–Kier alpha value is -2.57. The van der Waals surface area contributed by atoms with E-state index >= 15 is 0 Å². The van der Waals surface area contributed by atoms with Gasteiger partial charge in [0.05, 0.1) is 36.2 Å². The minimum atomic E-state index is -0.156. The molecule has 2 aromatic rings. The standard InChI is InChI=1S/C23H26IN3O6/c1-2-30-21-11-17(12-25-26-22(28)13-27-5-7-29-8-6-27)9-18(24)23(21)31-14-16-3-4-19-20(10-16)33-15-32-19/h3-4,9-12H,2,5-8,13-15H2,1H3,(H,26,28)/b25-12+. The highest BCUT2D eigenvalue weighted by Gasteiger charge is 2.16. The van der Waals surface area contributed by atoms with Gasteiger partial charge in [-0.15, -0.1) is 0 Å². The zero-order valence-corrected chi connectivity index (χ0v) is 20.5. The van der Waals surface area contributed by atoms with Gasteiger partial charge >= 0.3 is 0 Å². The molecule has 4 rings (SSSR count). The zero-order chi connectivity index (χ0) is 23.0. The Labute approximate surface area is 206 Å². The van der Waals surface area contributed by atoms with Crippen LogP contribution in [-0.4, -0.2) is 63.3 Å². The van der Waals surface area contributed by atoms with Crippen molar-refractivity contribution in [3.63, 3.8) is 0 Å². The summed E-state index contributed by atoms with van der Waals surface area (Å²) in [4.78, 5) is 14.2. The minimum absolute atomic E-state index is 0.156. The predicted molar refractivity (Wildman–Crippen MR) is 130 cm³/mol. The number of nitrogens with one attached hydrogen (secondary N) is 1. The van der Waals surface area contributed by atoms with E-state index in [2.05, 4.69) is 33.1 Å². The smallest absolute Gasteiger partial charge is 0.254 e. The third-order valence-electron chi connectivity index (χ3n) is 5.03. The summed E-state index contributed by atoms with van der Waals surface area (Å²) in [5.74, 6) is 2.58. The van der Waals surface area contributed by atoms with Crippen LogP contribution in [0.15, 0.2) is 35.4 Å². The van der Waals surface area contributed by atoms with Gasteiger partial charge in [-0.25, -0.2) is 5.43 Å². The van der Waals surface area contributed by atoms with E-state index in [4.69, 9.17) is 23.7 Å². The molecule has 0 bridgehead atoms. The van der Waals surface area contributed by atoms with Crippen molar-refractivity contribution in [2.24, 2.45) is 5.10 Å². The number of amides is 1. The number of rotatable bonds is 9. The number of hydrogen-bond donors (Lipinski definition) is 1. The molecule has 2 aromatic carbocycles. The van der Waals surface area contributed by atoms with Crippen molar-refractivity contribution in [3.05, 3.63) is 45.0 Å². The number of carbonyl (C=O) groups is 1. The highest BCUT2D eigenvalue weighted by atomic mass is 127. The molecular weight excluding hydrogens is 541 g/mol. The normalized spacial score (nSPS) is 15.6. The molecule has 0 saturated carbocycles. The fourth-order valence-corrected chi connectivity index (χ4v) is 4.21. The number of hydrazone groups is 1. The Kier molecular flexibility index (Phi) is 8.24. The summed E-state index contributed by atoms with van der Waals surface area (Å²) in [6, 6.07) is 9.51. The number of hydrogen-bond acceptors (Lipinski definition) is 8. The third-order valence-corrected chi connectivity index (χ3v) is 5.83. The lowest BCUT2D eigenvalue weighted by molar-refractivity contribution is -0.123. The molecule has 0 aliphatic carbocycles. The average Bonchev–Trinajstić information content (AvgIpc) is 3.27. The van der Waals surface area contributed by atoms with Crippen LogP contribution in [0, 0.1) is 3.57 Å². The van der Waals surface area contributed by atoms with Gasteiger partial charge in [0.1, 0.15) is 6.61 Å². The van der Waals surface area contributed by atoms with E-state index in [0.29, 0.717) is 44.5 Å². The Balaban J connectivity index is 1.38. The van der Waals surface area contributed by atoms with Crippen molar-refractivity contribution in [3.8, 4) is 23.0 Å². The molecule has 2 aliphatic heterocycles.